The third-order valence-electron chi connectivity index (χ3n) is 3.84. The summed E-state index contributed by atoms with van der Waals surface area (Å²) in [6, 6.07) is 3.50. The van der Waals surface area contributed by atoms with E-state index in [-0.39, 0.29) is 11.6 Å². The molecule has 0 unspecified atom stereocenters. The molecular weight excluding hydrogens is 272 g/mol. The first-order chi connectivity index (χ1) is 10.2. The lowest BCUT2D eigenvalue weighted by molar-refractivity contribution is 0.0681. The number of aromatic carboxylic acids is 1. The van der Waals surface area contributed by atoms with Gasteiger partial charge in [0.2, 0.25) is 0 Å². The van der Waals surface area contributed by atoms with E-state index in [0.29, 0.717) is 24.6 Å². The number of H-pyrrole nitrogens is 1. The molecule has 7 heteroatoms. The number of rotatable bonds is 3. The van der Waals surface area contributed by atoms with E-state index in [9.17, 15) is 9.59 Å². The van der Waals surface area contributed by atoms with Crippen molar-refractivity contribution in [1.29, 1.82) is 0 Å². The van der Waals surface area contributed by atoms with Crippen LogP contribution in [0.15, 0.2) is 35.5 Å². The predicted molar refractivity (Wildman–Crippen MR) is 76.7 cm³/mol. The zero-order valence-electron chi connectivity index (χ0n) is 11.4. The summed E-state index contributed by atoms with van der Waals surface area (Å²) in [5.41, 5.74) is 0.118. The van der Waals surface area contributed by atoms with Gasteiger partial charge >= 0.3 is 5.97 Å². The minimum atomic E-state index is -0.913. The van der Waals surface area contributed by atoms with Gasteiger partial charge in [-0.05, 0) is 25.0 Å². The molecule has 0 spiro atoms. The fraction of sp³-hybridized carbons (Fsp3) is 0.357. The summed E-state index contributed by atoms with van der Waals surface area (Å²) in [6.07, 6.45) is 6.45. The summed E-state index contributed by atoms with van der Waals surface area (Å²) < 4.78 is 1.81. The fourth-order valence-corrected chi connectivity index (χ4v) is 2.82. The van der Waals surface area contributed by atoms with E-state index in [0.717, 1.165) is 12.8 Å². The van der Waals surface area contributed by atoms with Crippen molar-refractivity contribution in [2.24, 2.45) is 0 Å². The molecule has 1 saturated heterocycles. The smallest absolute Gasteiger partial charge is 0.352 e. The molecule has 0 amide bonds. The second-order valence-corrected chi connectivity index (χ2v) is 5.07. The highest BCUT2D eigenvalue weighted by Gasteiger charge is 2.24. The average molecular weight is 288 g/mol. The number of hydrogen-bond donors (Lipinski definition) is 2. The summed E-state index contributed by atoms with van der Waals surface area (Å²) in [5, 5.41) is 9.16. The normalized spacial score (nSPS) is 16.1. The Morgan fingerprint density at radius 1 is 1.38 bits per heavy atom. The Morgan fingerprint density at radius 2 is 2.14 bits per heavy atom. The molecule has 110 valence electrons. The molecule has 0 saturated carbocycles. The molecule has 2 aromatic rings. The van der Waals surface area contributed by atoms with Crippen molar-refractivity contribution in [2.45, 2.75) is 18.9 Å². The number of nitrogens with zero attached hydrogens (tertiary/aromatic N) is 3. The molecule has 0 bridgehead atoms. The zero-order valence-corrected chi connectivity index (χ0v) is 11.4. The lowest BCUT2D eigenvalue weighted by Crippen LogP contribution is -2.38. The van der Waals surface area contributed by atoms with E-state index in [2.05, 4.69) is 9.97 Å². The first kappa shape index (κ1) is 13.4. The van der Waals surface area contributed by atoms with E-state index in [1.165, 1.54) is 6.20 Å². The van der Waals surface area contributed by atoms with Gasteiger partial charge in [0, 0.05) is 37.7 Å². The molecule has 0 radical (unpaired) electrons. The van der Waals surface area contributed by atoms with E-state index >= 15 is 0 Å². The largest absolute Gasteiger partial charge is 0.477 e. The van der Waals surface area contributed by atoms with E-state index in [4.69, 9.17) is 5.11 Å². The van der Waals surface area contributed by atoms with Crippen molar-refractivity contribution in [3.63, 3.8) is 0 Å². The second-order valence-electron chi connectivity index (χ2n) is 5.07. The number of anilines is 1. The van der Waals surface area contributed by atoms with Gasteiger partial charge in [0.1, 0.15) is 5.69 Å². The van der Waals surface area contributed by atoms with Crippen LogP contribution < -0.4 is 10.5 Å². The highest BCUT2D eigenvalue weighted by molar-refractivity contribution is 5.85. The molecule has 1 fully saturated rings. The molecular formula is C14H16N4O3. The Morgan fingerprint density at radius 3 is 2.81 bits per heavy atom. The maximum absolute atomic E-state index is 11.7. The molecule has 1 aliphatic rings. The van der Waals surface area contributed by atoms with Gasteiger partial charge in [-0.25, -0.2) is 9.78 Å². The number of aromatic amines is 1. The number of piperidine rings is 1. The Hall–Kier alpha value is -2.57. The molecule has 1 aliphatic heterocycles. The van der Waals surface area contributed by atoms with Gasteiger partial charge in [-0.3, -0.25) is 4.79 Å². The van der Waals surface area contributed by atoms with Gasteiger partial charge in [0.15, 0.2) is 5.82 Å². The van der Waals surface area contributed by atoms with Crippen molar-refractivity contribution in [2.75, 3.05) is 18.0 Å². The minimum absolute atomic E-state index is 0.144. The summed E-state index contributed by atoms with van der Waals surface area (Å²) in [6.45, 7) is 1.37. The third-order valence-corrected chi connectivity index (χ3v) is 3.84. The van der Waals surface area contributed by atoms with E-state index in [1.807, 2.05) is 9.47 Å². The molecule has 0 aromatic carbocycles. The van der Waals surface area contributed by atoms with Crippen molar-refractivity contribution in [3.8, 4) is 0 Å². The summed E-state index contributed by atoms with van der Waals surface area (Å²) in [7, 11) is 0. The fourth-order valence-electron chi connectivity index (χ4n) is 2.82. The van der Waals surface area contributed by atoms with Gasteiger partial charge < -0.3 is 19.6 Å². The van der Waals surface area contributed by atoms with Crippen LogP contribution in [0.3, 0.4) is 0 Å². The number of nitrogens with one attached hydrogen (secondary N) is 1. The highest BCUT2D eigenvalue weighted by Crippen LogP contribution is 2.25. The van der Waals surface area contributed by atoms with Gasteiger partial charge in [0.05, 0.1) is 0 Å². The topological polar surface area (TPSA) is 91.2 Å². The molecule has 0 atom stereocenters. The molecule has 3 rings (SSSR count). The quantitative estimate of drug-likeness (QED) is 0.883. The van der Waals surface area contributed by atoms with Gasteiger partial charge in [0.25, 0.3) is 5.56 Å². The number of hydrogen-bond acceptors (Lipinski definition) is 4. The molecule has 0 aliphatic carbocycles. The van der Waals surface area contributed by atoms with Crippen LogP contribution in [0.5, 0.6) is 0 Å². The Bertz CT molecular complexity index is 698. The zero-order chi connectivity index (χ0) is 14.8. The van der Waals surface area contributed by atoms with Crippen LogP contribution in [0.1, 0.15) is 29.4 Å². The molecule has 7 nitrogen and oxygen atoms in total. The van der Waals surface area contributed by atoms with Crippen LogP contribution >= 0.6 is 0 Å². The van der Waals surface area contributed by atoms with Crippen molar-refractivity contribution >= 4 is 11.8 Å². The van der Waals surface area contributed by atoms with Crippen LogP contribution in [-0.2, 0) is 0 Å². The minimum Gasteiger partial charge on any atom is -0.477 e. The number of carboxylic acids is 1. The first-order valence-corrected chi connectivity index (χ1v) is 6.85. The summed E-state index contributed by atoms with van der Waals surface area (Å²) in [5.74, 6) is -0.481. The van der Waals surface area contributed by atoms with Gasteiger partial charge in [-0.1, -0.05) is 0 Å². The van der Waals surface area contributed by atoms with Gasteiger partial charge in [-0.2, -0.15) is 0 Å². The Balaban J connectivity index is 1.74. The molecule has 3 heterocycles. The third kappa shape index (κ3) is 2.54. The van der Waals surface area contributed by atoms with Crippen molar-refractivity contribution in [1.82, 2.24) is 14.5 Å². The number of carboxylic acid groups (broad SMARTS) is 1. The van der Waals surface area contributed by atoms with E-state index in [1.54, 1.807) is 24.5 Å². The van der Waals surface area contributed by atoms with Crippen LogP contribution in [0.2, 0.25) is 0 Å². The van der Waals surface area contributed by atoms with Crippen LogP contribution in [0, 0.1) is 0 Å². The lowest BCUT2D eigenvalue weighted by Gasteiger charge is -2.33. The van der Waals surface area contributed by atoms with Crippen LogP contribution in [0.4, 0.5) is 5.82 Å². The Kier molecular flexibility index (Phi) is 3.47. The summed E-state index contributed by atoms with van der Waals surface area (Å²) in [4.78, 5) is 31.6. The second kappa shape index (κ2) is 5.43. The molecule has 21 heavy (non-hydrogen) atoms. The number of aromatic nitrogens is 3. The SMILES string of the molecule is O=C(O)c1cccn1C1CCN(c2ncc[nH]c2=O)CC1. The lowest BCUT2D eigenvalue weighted by atomic mass is 10.0. The standard InChI is InChI=1S/C14H16N4O3/c19-13-12(15-5-6-16-13)17-8-3-10(4-9-17)18-7-1-2-11(18)14(20)21/h1-2,5-7,10H,3-4,8-9H2,(H,16,19)(H,20,21). The maximum atomic E-state index is 11.7. The van der Waals surface area contributed by atoms with Gasteiger partial charge in [-0.15, -0.1) is 0 Å². The van der Waals surface area contributed by atoms with Crippen LogP contribution in [0.25, 0.3) is 0 Å². The maximum Gasteiger partial charge on any atom is 0.352 e. The number of carbonyl (C=O) groups is 1. The highest BCUT2D eigenvalue weighted by atomic mass is 16.4. The van der Waals surface area contributed by atoms with Crippen LogP contribution in [-0.4, -0.2) is 38.7 Å². The summed E-state index contributed by atoms with van der Waals surface area (Å²) >= 11 is 0. The molecule has 2 aromatic heterocycles. The van der Waals surface area contributed by atoms with E-state index < -0.39 is 5.97 Å². The average Bonchev–Trinajstić information content (AvgIpc) is 2.98. The Labute approximate surface area is 120 Å². The monoisotopic (exact) mass is 288 g/mol. The van der Waals surface area contributed by atoms with Crippen molar-refractivity contribution in [3.05, 3.63) is 46.8 Å². The molecule has 2 N–H and O–H groups in total. The first-order valence-electron chi connectivity index (χ1n) is 6.85. The predicted octanol–water partition coefficient (Wildman–Crippen LogP) is 1.11. The van der Waals surface area contributed by atoms with Crippen molar-refractivity contribution < 1.29 is 9.90 Å².